The molecule has 1 aromatic heterocycles. The van der Waals surface area contributed by atoms with E-state index in [0.717, 1.165) is 29.6 Å². The first-order valence-electron chi connectivity index (χ1n) is 6.31. The van der Waals surface area contributed by atoms with Gasteiger partial charge in [-0.05, 0) is 19.1 Å². The molecule has 19 heavy (non-hydrogen) atoms. The van der Waals surface area contributed by atoms with Gasteiger partial charge in [-0.1, -0.05) is 12.1 Å². The number of hydrogen-bond donors (Lipinski definition) is 0. The summed E-state index contributed by atoms with van der Waals surface area (Å²) in [6.07, 6.45) is 3.43. The zero-order chi connectivity index (χ0) is 13.2. The summed E-state index contributed by atoms with van der Waals surface area (Å²) in [5.41, 5.74) is 2.23. The first-order valence-corrected chi connectivity index (χ1v) is 6.31. The number of fused-ring (bicyclic) bond motifs is 2. The highest BCUT2D eigenvalue weighted by atomic mass is 16.5. The zero-order valence-electron chi connectivity index (χ0n) is 11.1. The number of anilines is 4. The summed E-state index contributed by atoms with van der Waals surface area (Å²) in [5.74, 6) is 1.71. The van der Waals surface area contributed by atoms with Crippen molar-refractivity contribution in [3.8, 4) is 0 Å². The predicted molar refractivity (Wildman–Crippen MR) is 75.2 cm³/mol. The minimum atomic E-state index is 0.459. The van der Waals surface area contributed by atoms with E-state index in [0.29, 0.717) is 6.73 Å². The predicted octanol–water partition coefficient (Wildman–Crippen LogP) is 2.69. The smallest absolute Gasteiger partial charge is 0.178 e. The molecule has 0 aliphatic carbocycles. The number of hydrogen-bond acceptors (Lipinski definition) is 5. The molecule has 1 aliphatic rings. The van der Waals surface area contributed by atoms with Crippen molar-refractivity contribution in [1.82, 2.24) is 9.97 Å². The largest absolute Gasteiger partial charge is 0.364 e. The topological polar surface area (TPSA) is 41.5 Å². The Morgan fingerprint density at radius 1 is 1.00 bits per heavy atom. The van der Waals surface area contributed by atoms with Crippen LogP contribution in [0.15, 0.2) is 36.7 Å². The van der Waals surface area contributed by atoms with Gasteiger partial charge in [0.2, 0.25) is 0 Å². The molecule has 1 aliphatic heterocycles. The lowest BCUT2D eigenvalue weighted by molar-refractivity contribution is 0.205. The molecule has 0 unspecified atom stereocenters. The third-order valence-corrected chi connectivity index (χ3v) is 3.21. The van der Waals surface area contributed by atoms with Crippen molar-refractivity contribution in [3.05, 3.63) is 36.7 Å². The van der Waals surface area contributed by atoms with Crippen LogP contribution in [-0.4, -0.2) is 30.4 Å². The van der Waals surface area contributed by atoms with E-state index < -0.39 is 0 Å². The summed E-state index contributed by atoms with van der Waals surface area (Å²) in [4.78, 5) is 13.1. The van der Waals surface area contributed by atoms with E-state index in [9.17, 15) is 0 Å². The highest BCUT2D eigenvalue weighted by Gasteiger charge is 2.29. The van der Waals surface area contributed by atoms with Crippen molar-refractivity contribution in [3.63, 3.8) is 0 Å². The summed E-state index contributed by atoms with van der Waals surface area (Å²) in [7, 11) is 1.69. The summed E-state index contributed by atoms with van der Waals surface area (Å²) in [5, 5.41) is 0. The molecule has 98 valence electrons. The standard InChI is InChI=1S/C14H16N4O/c1-3-17-11-6-4-5-7-12(11)18(10-19-2)14-13(17)15-8-9-16-14/h4-9H,3,10H2,1-2H3. The Kier molecular flexibility index (Phi) is 3.05. The van der Waals surface area contributed by atoms with Gasteiger partial charge in [-0.3, -0.25) is 4.90 Å². The van der Waals surface area contributed by atoms with E-state index in [4.69, 9.17) is 4.74 Å². The van der Waals surface area contributed by atoms with Gasteiger partial charge < -0.3 is 9.64 Å². The van der Waals surface area contributed by atoms with Crippen molar-refractivity contribution in [2.45, 2.75) is 6.92 Å². The molecule has 2 aromatic rings. The van der Waals surface area contributed by atoms with E-state index in [-0.39, 0.29) is 0 Å². The van der Waals surface area contributed by atoms with Gasteiger partial charge >= 0.3 is 0 Å². The van der Waals surface area contributed by atoms with Gasteiger partial charge in [-0.2, -0.15) is 0 Å². The second kappa shape index (κ2) is 4.85. The maximum atomic E-state index is 5.30. The molecule has 0 N–H and O–H groups in total. The third-order valence-electron chi connectivity index (χ3n) is 3.21. The van der Waals surface area contributed by atoms with E-state index in [1.807, 2.05) is 17.0 Å². The van der Waals surface area contributed by atoms with Crippen molar-refractivity contribution < 1.29 is 4.74 Å². The third kappa shape index (κ3) is 1.82. The van der Waals surface area contributed by atoms with Gasteiger partial charge in [0.05, 0.1) is 11.4 Å². The SMILES string of the molecule is CCN1c2ccccc2N(COC)c2nccnc21. The highest BCUT2D eigenvalue weighted by Crippen LogP contribution is 2.44. The number of methoxy groups -OCH3 is 1. The van der Waals surface area contributed by atoms with E-state index in [1.165, 1.54) is 0 Å². The molecule has 1 aromatic carbocycles. The van der Waals surface area contributed by atoms with Gasteiger partial charge in [-0.15, -0.1) is 0 Å². The van der Waals surface area contributed by atoms with Crippen molar-refractivity contribution in [2.75, 3.05) is 30.2 Å². The van der Waals surface area contributed by atoms with Gasteiger partial charge in [0.25, 0.3) is 0 Å². The molecule has 0 amide bonds. The van der Waals surface area contributed by atoms with Gasteiger partial charge in [0.15, 0.2) is 11.6 Å². The van der Waals surface area contributed by atoms with Crippen LogP contribution in [0.3, 0.4) is 0 Å². The lowest BCUT2D eigenvalue weighted by Crippen LogP contribution is -2.32. The number of ether oxygens (including phenoxy) is 1. The molecular weight excluding hydrogens is 240 g/mol. The maximum absolute atomic E-state index is 5.30. The monoisotopic (exact) mass is 256 g/mol. The molecule has 0 saturated heterocycles. The Morgan fingerprint density at radius 2 is 1.58 bits per heavy atom. The Labute approximate surface area is 112 Å². The average molecular weight is 256 g/mol. The molecule has 5 heteroatoms. The molecule has 2 heterocycles. The van der Waals surface area contributed by atoms with Crippen LogP contribution in [0.2, 0.25) is 0 Å². The van der Waals surface area contributed by atoms with E-state index in [1.54, 1.807) is 19.5 Å². The fourth-order valence-electron chi connectivity index (χ4n) is 2.43. The van der Waals surface area contributed by atoms with Crippen LogP contribution in [0.5, 0.6) is 0 Å². The van der Waals surface area contributed by atoms with Crippen LogP contribution in [0, 0.1) is 0 Å². The second-order valence-electron chi connectivity index (χ2n) is 4.28. The minimum absolute atomic E-state index is 0.459. The van der Waals surface area contributed by atoms with Crippen LogP contribution in [0.1, 0.15) is 6.92 Å². The first-order chi connectivity index (χ1) is 9.36. The van der Waals surface area contributed by atoms with Gasteiger partial charge in [0.1, 0.15) is 6.73 Å². The van der Waals surface area contributed by atoms with Crippen LogP contribution >= 0.6 is 0 Å². The fraction of sp³-hybridized carbons (Fsp3) is 0.286. The van der Waals surface area contributed by atoms with Gasteiger partial charge in [-0.25, -0.2) is 9.97 Å². The maximum Gasteiger partial charge on any atom is 0.178 e. The Bertz CT molecular complexity index is 540. The molecule has 0 radical (unpaired) electrons. The van der Waals surface area contributed by atoms with Crippen LogP contribution in [0.4, 0.5) is 23.0 Å². The molecule has 0 spiro atoms. The number of aromatic nitrogens is 2. The van der Waals surface area contributed by atoms with Crippen molar-refractivity contribution >= 4 is 23.0 Å². The van der Waals surface area contributed by atoms with Crippen molar-refractivity contribution in [2.24, 2.45) is 0 Å². The summed E-state index contributed by atoms with van der Waals surface area (Å²) in [6, 6.07) is 8.23. The van der Waals surface area contributed by atoms with Crippen molar-refractivity contribution in [1.29, 1.82) is 0 Å². The lowest BCUT2D eigenvalue weighted by Gasteiger charge is -2.37. The summed E-state index contributed by atoms with van der Waals surface area (Å²) >= 11 is 0. The molecule has 3 rings (SSSR count). The Morgan fingerprint density at radius 3 is 2.16 bits per heavy atom. The normalized spacial score (nSPS) is 13.2. The quantitative estimate of drug-likeness (QED) is 0.844. The Balaban J connectivity index is 2.20. The molecule has 0 atom stereocenters. The first kappa shape index (κ1) is 11.9. The second-order valence-corrected chi connectivity index (χ2v) is 4.28. The molecule has 5 nitrogen and oxygen atoms in total. The highest BCUT2D eigenvalue weighted by molar-refractivity contribution is 5.89. The van der Waals surface area contributed by atoms with Crippen LogP contribution in [0.25, 0.3) is 0 Å². The fourth-order valence-corrected chi connectivity index (χ4v) is 2.43. The lowest BCUT2D eigenvalue weighted by atomic mass is 10.1. The average Bonchev–Trinajstić information content (AvgIpc) is 2.47. The molecule has 0 fully saturated rings. The Hall–Kier alpha value is -2.14. The number of nitrogens with zero attached hydrogens (tertiary/aromatic N) is 4. The van der Waals surface area contributed by atoms with Gasteiger partial charge in [0, 0.05) is 26.0 Å². The molecule has 0 saturated carbocycles. The zero-order valence-corrected chi connectivity index (χ0v) is 11.1. The van der Waals surface area contributed by atoms with E-state index in [2.05, 4.69) is 33.9 Å². The molecule has 0 bridgehead atoms. The van der Waals surface area contributed by atoms with Crippen LogP contribution < -0.4 is 9.80 Å². The summed E-state index contributed by atoms with van der Waals surface area (Å²) in [6.45, 7) is 3.42. The molecular formula is C14H16N4O. The number of rotatable bonds is 3. The van der Waals surface area contributed by atoms with Crippen LogP contribution in [-0.2, 0) is 4.74 Å². The summed E-state index contributed by atoms with van der Waals surface area (Å²) < 4.78 is 5.30. The number of benzene rings is 1. The minimum Gasteiger partial charge on any atom is -0.364 e. The number of para-hydroxylation sites is 2. The van der Waals surface area contributed by atoms with E-state index >= 15 is 0 Å².